The number of imidazole rings is 3. The monoisotopic (exact) mass is 1560 g/mol. The summed E-state index contributed by atoms with van der Waals surface area (Å²) in [6, 6.07) is 133. The summed E-state index contributed by atoms with van der Waals surface area (Å²) in [6.45, 7) is 0. The first kappa shape index (κ1) is 69.4. The molecule has 0 aliphatic heterocycles. The van der Waals surface area contributed by atoms with Crippen molar-refractivity contribution >= 4 is 217 Å². The smallest absolute Gasteiger partial charge is 0.173 e. The zero-order valence-electron chi connectivity index (χ0n) is 62.7. The van der Waals surface area contributed by atoms with Gasteiger partial charge in [0.1, 0.15) is 22.5 Å². The highest BCUT2D eigenvalue weighted by atomic mass is 31.2. The maximum absolute atomic E-state index is 15.3. The van der Waals surface area contributed by atoms with Crippen molar-refractivity contribution in [2.45, 2.75) is 0 Å². The fourth-order valence-corrected chi connectivity index (χ4v) is 25.5. The van der Waals surface area contributed by atoms with Crippen LogP contribution in [-0.2, 0) is 13.7 Å². The van der Waals surface area contributed by atoms with E-state index in [1.54, 1.807) is 0 Å². The fourth-order valence-electron chi connectivity index (χ4n) is 17.4. The average Bonchev–Trinajstić information content (AvgIpc) is 1.59. The molecule has 0 saturated carbocycles. The van der Waals surface area contributed by atoms with Crippen LogP contribution in [0.2, 0.25) is 0 Å². The Balaban J connectivity index is 0.000000106. The van der Waals surface area contributed by atoms with Gasteiger partial charge in [-0.05, 0) is 103 Å². The predicted octanol–water partition coefficient (Wildman–Crippen LogP) is 20.9. The average molecular weight is 1560 g/mol. The van der Waals surface area contributed by atoms with Crippen LogP contribution in [0, 0.1) is 0 Å². The largest absolute Gasteiger partial charge is 0.309 e. The molecule has 0 fully saturated rings. The number of fused-ring (bicyclic) bond motifs is 27. The standard InChI is InChI=1S/3C34H22N3OP/c38-39(24-13-3-1-4-14-24,25-15-5-2-6-16-25)31-21-11-20-30-33(31)36-34-27-22-23-12-7-9-18-28(23)35-32(27)26-17-8-10-19-29(26)37(30)34;38-39(24-12-3-1-4-13-24,25-14-5-2-6-15-25)26-19-20-32-30(22-26)36-34-28-21-23-11-7-9-17-29(23)35-33(28)27-16-8-10-18-31(27)37(32)34;38-39(24-12-3-1-4-13-24,25-14-5-2-6-15-25)26-19-20-30-32(22-26)37-31-18-10-8-16-27(31)33-28(34(37)36-30)21-23-11-7-9-17-29(23)35-33/h3*1-22H. The molecule has 24 aromatic rings. The number of hydrogen-bond acceptors (Lipinski definition) is 9. The third-order valence-electron chi connectivity index (χ3n) is 22.8. The highest BCUT2D eigenvalue weighted by Crippen LogP contribution is 2.48. The lowest BCUT2D eigenvalue weighted by Gasteiger charge is -2.20. The van der Waals surface area contributed by atoms with Crippen molar-refractivity contribution in [1.29, 1.82) is 0 Å². The first-order valence-electron chi connectivity index (χ1n) is 38.9. The quantitative estimate of drug-likeness (QED) is 0.0784. The van der Waals surface area contributed by atoms with E-state index in [9.17, 15) is 0 Å². The Morgan fingerprint density at radius 2 is 0.496 bits per heavy atom. The van der Waals surface area contributed by atoms with Crippen molar-refractivity contribution in [3.05, 3.63) is 400 Å². The molecule has 0 atom stereocenters. The Bertz CT molecular complexity index is 8060. The topological polar surface area (TPSA) is 142 Å². The van der Waals surface area contributed by atoms with Crippen LogP contribution in [-0.4, -0.2) is 43.1 Å². The molecule has 0 saturated heterocycles. The summed E-state index contributed by atoms with van der Waals surface area (Å²) in [5.41, 5.74) is 16.5. The van der Waals surface area contributed by atoms with E-state index in [1.165, 1.54) is 0 Å². The zero-order valence-corrected chi connectivity index (χ0v) is 65.4. The number of para-hydroxylation sites is 7. The number of aromatic nitrogens is 9. The summed E-state index contributed by atoms with van der Waals surface area (Å²) >= 11 is 0. The molecule has 24 rings (SSSR count). The normalized spacial score (nSPS) is 12.2. The molecular weight excluding hydrogens is 1490 g/mol. The third kappa shape index (κ3) is 11.1. The van der Waals surface area contributed by atoms with Crippen LogP contribution in [0.3, 0.4) is 0 Å². The van der Waals surface area contributed by atoms with Crippen LogP contribution in [0.1, 0.15) is 0 Å². The Morgan fingerprint density at radius 1 is 0.179 bits per heavy atom. The fraction of sp³-hybridized carbons (Fsp3) is 0. The van der Waals surface area contributed by atoms with Crippen molar-refractivity contribution < 1.29 is 13.7 Å². The lowest BCUT2D eigenvalue weighted by atomic mass is 10.1. The van der Waals surface area contributed by atoms with Gasteiger partial charge in [-0.25, -0.2) is 29.9 Å². The summed E-state index contributed by atoms with van der Waals surface area (Å²) in [5, 5.41) is 16.5. The van der Waals surface area contributed by atoms with Gasteiger partial charge in [-0.1, -0.05) is 297 Å². The second kappa shape index (κ2) is 27.7. The van der Waals surface area contributed by atoms with Crippen LogP contribution >= 0.6 is 21.4 Å². The molecule has 0 radical (unpaired) electrons. The minimum Gasteiger partial charge on any atom is -0.309 e. The zero-order chi connectivity index (χ0) is 77.9. The third-order valence-corrected chi connectivity index (χ3v) is 32.0. The van der Waals surface area contributed by atoms with Crippen LogP contribution in [0.4, 0.5) is 0 Å². The van der Waals surface area contributed by atoms with Crippen molar-refractivity contribution in [2.75, 3.05) is 0 Å². The number of benzene rings is 15. The first-order valence-corrected chi connectivity index (χ1v) is 44.0. The Kier molecular flexibility index (Phi) is 16.4. The predicted molar refractivity (Wildman–Crippen MR) is 487 cm³/mol. The van der Waals surface area contributed by atoms with Gasteiger partial charge >= 0.3 is 0 Å². The second-order valence-electron chi connectivity index (χ2n) is 29.4. The minimum absolute atomic E-state index is 0.743. The van der Waals surface area contributed by atoms with Gasteiger partial charge in [0.2, 0.25) is 0 Å². The van der Waals surface area contributed by atoms with Crippen molar-refractivity contribution in [3.63, 3.8) is 0 Å². The van der Waals surface area contributed by atoms with Gasteiger partial charge in [-0.3, -0.25) is 13.2 Å². The summed E-state index contributed by atoms with van der Waals surface area (Å²) in [5.74, 6) is 0. The lowest BCUT2D eigenvalue weighted by Crippen LogP contribution is -2.25. The number of nitrogens with zero attached hydrogens (tertiary/aromatic N) is 9. The molecule has 0 unspecified atom stereocenters. The van der Waals surface area contributed by atoms with Gasteiger partial charge < -0.3 is 13.7 Å². The number of hydrogen-bond donors (Lipinski definition) is 0. The molecule has 552 valence electrons. The molecule has 0 N–H and O–H groups in total. The summed E-state index contributed by atoms with van der Waals surface area (Å²) in [7, 11) is -9.47. The van der Waals surface area contributed by atoms with Crippen LogP contribution < -0.4 is 47.7 Å². The maximum Gasteiger partial charge on any atom is 0.173 e. The van der Waals surface area contributed by atoms with E-state index < -0.39 is 21.4 Å². The Morgan fingerprint density at radius 3 is 0.915 bits per heavy atom. The van der Waals surface area contributed by atoms with E-state index in [0.717, 1.165) is 196 Å². The molecule has 0 aliphatic rings. The molecule has 0 aliphatic carbocycles. The highest BCUT2D eigenvalue weighted by molar-refractivity contribution is 7.86. The van der Waals surface area contributed by atoms with Crippen LogP contribution in [0.25, 0.3) is 148 Å². The molecule has 0 amide bonds. The van der Waals surface area contributed by atoms with Gasteiger partial charge in [0.15, 0.2) is 21.4 Å². The molecule has 9 heterocycles. The first-order chi connectivity index (χ1) is 57.7. The van der Waals surface area contributed by atoms with E-state index in [-0.39, 0.29) is 0 Å². The summed E-state index contributed by atoms with van der Waals surface area (Å²) < 4.78 is 52.1. The lowest BCUT2D eigenvalue weighted by molar-refractivity contribution is 0.591. The van der Waals surface area contributed by atoms with Gasteiger partial charge in [-0.15, -0.1) is 0 Å². The minimum atomic E-state index is -3.23. The molecule has 0 spiro atoms. The van der Waals surface area contributed by atoms with E-state index in [0.29, 0.717) is 0 Å². The molecular formula is C102H66N9O3P3. The van der Waals surface area contributed by atoms with E-state index in [1.807, 2.05) is 303 Å². The molecule has 15 aromatic carbocycles. The van der Waals surface area contributed by atoms with E-state index >= 15 is 13.7 Å². The number of pyridine rings is 6. The Labute approximate surface area is 670 Å². The van der Waals surface area contributed by atoms with Crippen LogP contribution in [0.5, 0.6) is 0 Å². The molecule has 117 heavy (non-hydrogen) atoms. The number of rotatable bonds is 9. The molecule has 9 aromatic heterocycles. The van der Waals surface area contributed by atoms with Gasteiger partial charge in [0, 0.05) is 96.2 Å². The highest BCUT2D eigenvalue weighted by Gasteiger charge is 2.35. The van der Waals surface area contributed by atoms with Crippen molar-refractivity contribution in [1.82, 2.24) is 43.1 Å². The van der Waals surface area contributed by atoms with Crippen LogP contribution in [0.15, 0.2) is 400 Å². The molecule has 12 nitrogen and oxygen atoms in total. The van der Waals surface area contributed by atoms with E-state index in [4.69, 9.17) is 29.9 Å². The maximum atomic E-state index is 15.3. The van der Waals surface area contributed by atoms with Crippen molar-refractivity contribution in [2.24, 2.45) is 0 Å². The summed E-state index contributed by atoms with van der Waals surface area (Å²) in [4.78, 5) is 30.7. The van der Waals surface area contributed by atoms with Gasteiger partial charge in [0.05, 0.1) is 77.2 Å². The Hall–Kier alpha value is -14.4. The molecule has 15 heteroatoms. The molecule has 0 bridgehead atoms. The van der Waals surface area contributed by atoms with Gasteiger partial charge in [-0.2, -0.15) is 0 Å². The van der Waals surface area contributed by atoms with E-state index in [2.05, 4.69) is 110 Å². The second-order valence-corrected chi connectivity index (χ2v) is 37.7. The van der Waals surface area contributed by atoms with Gasteiger partial charge in [0.25, 0.3) is 0 Å². The SMILES string of the molecule is O=P(c1ccccc1)(c1ccccc1)c1ccc2c(c1)nc1c3cc4ccccc4nc3c3ccccc3n21.O=P(c1ccccc1)(c1ccccc1)c1ccc2nc3c4cc5ccccc5nc4c4ccccc4n3c2c1.O=P(c1ccccc1)(c1ccccc1)c1cccc2c1nc1c3cc4ccccc4nc3c3ccccc3n21. The van der Waals surface area contributed by atoms with Crippen molar-refractivity contribution in [3.8, 4) is 0 Å². The summed E-state index contributed by atoms with van der Waals surface area (Å²) in [6.07, 6.45) is 0.